The lowest BCUT2D eigenvalue weighted by Crippen LogP contribution is -2.15. The molecule has 1 amide bonds. The topological polar surface area (TPSA) is 72.7 Å². The van der Waals surface area contributed by atoms with Gasteiger partial charge in [0.25, 0.3) is 0 Å². The normalized spacial score (nSPS) is 10.9. The lowest BCUT2D eigenvalue weighted by molar-refractivity contribution is -0.115. The standard InChI is InChI=1S/C21H18FN5OS/c1-13-8-14(2)27(26-13)19-6-5-16(9-18(19)22)24-20(28)10-17-12-29-21(25-17)15-4-3-7-23-11-15/h3-9,11-12H,10H2,1-2H3,(H,24,28). The number of carbonyl (C=O) groups excluding carboxylic acids is 1. The van der Waals surface area contributed by atoms with Crippen LogP contribution in [0.15, 0.2) is 54.2 Å². The van der Waals surface area contributed by atoms with Crippen LogP contribution in [0.1, 0.15) is 17.1 Å². The molecule has 3 heterocycles. The van der Waals surface area contributed by atoms with E-state index in [0.717, 1.165) is 22.0 Å². The number of benzene rings is 1. The fraction of sp³-hybridized carbons (Fsp3) is 0.143. The number of pyridine rings is 1. The molecule has 4 rings (SSSR count). The monoisotopic (exact) mass is 407 g/mol. The Balaban J connectivity index is 1.44. The summed E-state index contributed by atoms with van der Waals surface area (Å²) in [7, 11) is 0. The van der Waals surface area contributed by atoms with E-state index in [1.54, 1.807) is 29.2 Å². The highest BCUT2D eigenvalue weighted by molar-refractivity contribution is 7.13. The Morgan fingerprint density at radius 1 is 1.24 bits per heavy atom. The number of aryl methyl sites for hydroxylation is 2. The molecule has 1 N–H and O–H groups in total. The molecule has 0 aliphatic rings. The maximum atomic E-state index is 14.6. The Morgan fingerprint density at radius 3 is 2.79 bits per heavy atom. The second-order valence-electron chi connectivity index (χ2n) is 6.62. The molecule has 0 fully saturated rings. The van der Waals surface area contributed by atoms with Crippen LogP contribution in [0.25, 0.3) is 16.3 Å². The molecule has 1 aromatic carbocycles. The van der Waals surface area contributed by atoms with E-state index in [-0.39, 0.29) is 12.3 Å². The molecule has 8 heteroatoms. The van der Waals surface area contributed by atoms with E-state index in [0.29, 0.717) is 17.1 Å². The van der Waals surface area contributed by atoms with E-state index in [1.165, 1.54) is 17.4 Å². The number of aromatic nitrogens is 4. The van der Waals surface area contributed by atoms with Crippen molar-refractivity contribution in [2.75, 3.05) is 5.32 Å². The molecule has 6 nitrogen and oxygen atoms in total. The molecular weight excluding hydrogens is 389 g/mol. The number of hydrogen-bond acceptors (Lipinski definition) is 5. The molecule has 0 saturated heterocycles. The van der Waals surface area contributed by atoms with Crippen LogP contribution in [-0.4, -0.2) is 25.7 Å². The highest BCUT2D eigenvalue weighted by Gasteiger charge is 2.13. The molecule has 0 aliphatic carbocycles. The maximum absolute atomic E-state index is 14.6. The third-order valence-corrected chi connectivity index (χ3v) is 5.21. The van der Waals surface area contributed by atoms with Crippen LogP contribution in [0.2, 0.25) is 0 Å². The summed E-state index contributed by atoms with van der Waals surface area (Å²) < 4.78 is 16.1. The van der Waals surface area contributed by atoms with Crippen LogP contribution in [0.4, 0.5) is 10.1 Å². The van der Waals surface area contributed by atoms with Gasteiger partial charge >= 0.3 is 0 Å². The van der Waals surface area contributed by atoms with E-state index in [1.807, 2.05) is 37.4 Å². The first kappa shape index (κ1) is 18.9. The van der Waals surface area contributed by atoms with Crippen molar-refractivity contribution in [2.45, 2.75) is 20.3 Å². The summed E-state index contributed by atoms with van der Waals surface area (Å²) in [6, 6.07) is 10.2. The molecule has 0 radical (unpaired) electrons. The number of rotatable bonds is 5. The molecule has 3 aromatic heterocycles. The molecule has 29 heavy (non-hydrogen) atoms. The summed E-state index contributed by atoms with van der Waals surface area (Å²) in [5.74, 6) is -0.715. The Kier molecular flexibility index (Phi) is 5.18. The predicted octanol–water partition coefficient (Wildman–Crippen LogP) is 4.33. The van der Waals surface area contributed by atoms with Gasteiger partial charge in [-0.25, -0.2) is 14.1 Å². The Hall–Kier alpha value is -3.39. The number of halogens is 1. The van der Waals surface area contributed by atoms with E-state index >= 15 is 0 Å². The van der Waals surface area contributed by atoms with Gasteiger partial charge in [0.05, 0.1) is 17.8 Å². The minimum atomic E-state index is -0.457. The van der Waals surface area contributed by atoms with Crippen molar-refractivity contribution >= 4 is 22.9 Å². The van der Waals surface area contributed by atoms with Gasteiger partial charge in [-0.3, -0.25) is 9.78 Å². The van der Waals surface area contributed by atoms with Crippen molar-refractivity contribution in [1.29, 1.82) is 0 Å². The highest BCUT2D eigenvalue weighted by Crippen LogP contribution is 2.23. The lowest BCUT2D eigenvalue weighted by atomic mass is 10.2. The SMILES string of the molecule is Cc1cc(C)n(-c2ccc(NC(=O)Cc3csc(-c4cccnc4)n3)cc2F)n1. The summed E-state index contributed by atoms with van der Waals surface area (Å²) in [6.45, 7) is 3.72. The average Bonchev–Trinajstić information content (AvgIpc) is 3.28. The number of nitrogens with zero attached hydrogens (tertiary/aromatic N) is 4. The third kappa shape index (κ3) is 4.22. The predicted molar refractivity (Wildman–Crippen MR) is 111 cm³/mol. The van der Waals surface area contributed by atoms with Crippen molar-refractivity contribution in [1.82, 2.24) is 19.7 Å². The van der Waals surface area contributed by atoms with E-state index in [9.17, 15) is 9.18 Å². The van der Waals surface area contributed by atoms with Crippen molar-refractivity contribution in [3.8, 4) is 16.3 Å². The third-order valence-electron chi connectivity index (χ3n) is 4.27. The maximum Gasteiger partial charge on any atom is 0.230 e. The molecule has 146 valence electrons. The van der Waals surface area contributed by atoms with Crippen molar-refractivity contribution in [3.05, 3.63) is 77.1 Å². The second-order valence-corrected chi connectivity index (χ2v) is 7.47. The van der Waals surface area contributed by atoms with Gasteiger partial charge in [0.15, 0.2) is 5.82 Å². The summed E-state index contributed by atoms with van der Waals surface area (Å²) in [6.07, 6.45) is 3.54. The number of nitrogens with one attached hydrogen (secondary N) is 1. The van der Waals surface area contributed by atoms with Crippen LogP contribution in [0.3, 0.4) is 0 Å². The van der Waals surface area contributed by atoms with Gasteiger partial charge in [0, 0.05) is 34.7 Å². The van der Waals surface area contributed by atoms with Gasteiger partial charge in [0.1, 0.15) is 10.7 Å². The van der Waals surface area contributed by atoms with Crippen molar-refractivity contribution in [3.63, 3.8) is 0 Å². The molecule has 0 atom stereocenters. The van der Waals surface area contributed by atoms with Crippen molar-refractivity contribution < 1.29 is 9.18 Å². The zero-order chi connectivity index (χ0) is 20.4. The molecule has 0 saturated carbocycles. The van der Waals surface area contributed by atoms with Gasteiger partial charge < -0.3 is 5.32 Å². The molecule has 0 unspecified atom stereocenters. The molecule has 0 aliphatic heterocycles. The Morgan fingerprint density at radius 2 is 2.10 bits per heavy atom. The van der Waals surface area contributed by atoms with E-state index < -0.39 is 5.82 Å². The van der Waals surface area contributed by atoms with Crippen LogP contribution in [-0.2, 0) is 11.2 Å². The fourth-order valence-electron chi connectivity index (χ4n) is 3.01. The highest BCUT2D eigenvalue weighted by atomic mass is 32.1. The number of anilines is 1. The molecular formula is C21H18FN5OS. The average molecular weight is 407 g/mol. The molecule has 0 spiro atoms. The van der Waals surface area contributed by atoms with Crippen LogP contribution < -0.4 is 5.32 Å². The van der Waals surface area contributed by atoms with E-state index in [4.69, 9.17) is 0 Å². The summed E-state index contributed by atoms with van der Waals surface area (Å²) in [4.78, 5) is 20.9. The van der Waals surface area contributed by atoms with Gasteiger partial charge in [-0.15, -0.1) is 11.3 Å². The quantitative estimate of drug-likeness (QED) is 0.535. The number of carbonyl (C=O) groups is 1. The largest absolute Gasteiger partial charge is 0.326 e. The Bertz CT molecular complexity index is 1170. The van der Waals surface area contributed by atoms with Crippen molar-refractivity contribution in [2.24, 2.45) is 0 Å². The number of hydrogen-bond donors (Lipinski definition) is 1. The fourth-order valence-corrected chi connectivity index (χ4v) is 3.82. The lowest BCUT2D eigenvalue weighted by Gasteiger charge is -2.09. The van der Waals surface area contributed by atoms with Crippen LogP contribution in [0, 0.1) is 19.7 Å². The Labute approximate surface area is 171 Å². The summed E-state index contributed by atoms with van der Waals surface area (Å²) in [5, 5.41) is 9.66. The van der Waals surface area contributed by atoms with E-state index in [2.05, 4.69) is 20.4 Å². The van der Waals surface area contributed by atoms with Gasteiger partial charge in [0.2, 0.25) is 5.91 Å². The molecule has 4 aromatic rings. The van der Waals surface area contributed by atoms with Gasteiger partial charge in [-0.05, 0) is 50.2 Å². The first-order valence-corrected chi connectivity index (χ1v) is 9.85. The minimum absolute atomic E-state index is 0.109. The summed E-state index contributed by atoms with van der Waals surface area (Å²) in [5.41, 5.74) is 3.95. The molecule has 0 bridgehead atoms. The first-order chi connectivity index (χ1) is 14.0. The van der Waals surface area contributed by atoms with Gasteiger partial charge in [-0.1, -0.05) is 0 Å². The van der Waals surface area contributed by atoms with Gasteiger partial charge in [-0.2, -0.15) is 5.10 Å². The second kappa shape index (κ2) is 7.92. The number of thiazole rings is 1. The minimum Gasteiger partial charge on any atom is -0.326 e. The van der Waals surface area contributed by atoms with Crippen LogP contribution in [0.5, 0.6) is 0 Å². The zero-order valence-electron chi connectivity index (χ0n) is 15.9. The van der Waals surface area contributed by atoms with Crippen LogP contribution >= 0.6 is 11.3 Å². The first-order valence-electron chi connectivity index (χ1n) is 8.97. The zero-order valence-corrected chi connectivity index (χ0v) is 16.7. The smallest absolute Gasteiger partial charge is 0.230 e. The number of amides is 1. The summed E-state index contributed by atoms with van der Waals surface area (Å²) >= 11 is 1.46.